The van der Waals surface area contributed by atoms with Crippen LogP contribution in [0.2, 0.25) is 0 Å². The molecule has 2 N–H and O–H groups in total. The Kier molecular flexibility index (Phi) is 3.96. The normalized spacial score (nSPS) is 11.8. The smallest absolute Gasteiger partial charge is 0.261 e. The molecule has 1 aromatic heterocycles. The van der Waals surface area contributed by atoms with Crippen LogP contribution < -0.4 is 10.1 Å². The van der Waals surface area contributed by atoms with Gasteiger partial charge in [0.1, 0.15) is 5.75 Å². The van der Waals surface area contributed by atoms with Gasteiger partial charge in [-0.05, 0) is 19.1 Å². The van der Waals surface area contributed by atoms with E-state index in [9.17, 15) is 4.79 Å². The molecule has 0 radical (unpaired) electrons. The Hall–Kier alpha value is -2.30. The van der Waals surface area contributed by atoms with Gasteiger partial charge >= 0.3 is 0 Å². The first-order valence-electron chi connectivity index (χ1n) is 5.73. The molecule has 0 bridgehead atoms. The average Bonchev–Trinajstić information content (AvgIpc) is 2.90. The number of nitrogens with one attached hydrogen (secondary N) is 2. The molecular formula is C13H15N3O2. The van der Waals surface area contributed by atoms with Gasteiger partial charge in [-0.25, -0.2) is 0 Å². The lowest BCUT2D eigenvalue weighted by atomic mass is 10.3. The summed E-state index contributed by atoms with van der Waals surface area (Å²) in [6.07, 6.45) is 2.88. The molecule has 0 aliphatic rings. The highest BCUT2D eigenvalue weighted by Crippen LogP contribution is 2.10. The Balaban J connectivity index is 1.82. The number of rotatable bonds is 5. The van der Waals surface area contributed by atoms with E-state index in [1.807, 2.05) is 30.3 Å². The van der Waals surface area contributed by atoms with Crippen molar-refractivity contribution >= 4 is 5.91 Å². The van der Waals surface area contributed by atoms with Gasteiger partial charge in [0.15, 0.2) is 6.10 Å². The van der Waals surface area contributed by atoms with Crippen LogP contribution in [-0.4, -0.2) is 22.2 Å². The number of para-hydroxylation sites is 1. The third-order valence-electron chi connectivity index (χ3n) is 2.45. The Morgan fingerprint density at radius 3 is 2.89 bits per heavy atom. The molecule has 0 fully saturated rings. The van der Waals surface area contributed by atoms with E-state index in [1.165, 1.54) is 0 Å². The summed E-state index contributed by atoms with van der Waals surface area (Å²) in [4.78, 5) is 11.8. The van der Waals surface area contributed by atoms with Crippen LogP contribution >= 0.6 is 0 Å². The highest BCUT2D eigenvalue weighted by Gasteiger charge is 2.13. The molecule has 1 heterocycles. The van der Waals surface area contributed by atoms with Crippen LogP contribution in [0.5, 0.6) is 5.75 Å². The summed E-state index contributed by atoms with van der Waals surface area (Å²) in [5.74, 6) is 0.531. The van der Waals surface area contributed by atoms with Crippen molar-refractivity contribution in [2.75, 3.05) is 0 Å². The number of aromatic amines is 1. The summed E-state index contributed by atoms with van der Waals surface area (Å²) in [5, 5.41) is 9.28. The molecule has 18 heavy (non-hydrogen) atoms. The van der Waals surface area contributed by atoms with Crippen LogP contribution in [0.3, 0.4) is 0 Å². The quantitative estimate of drug-likeness (QED) is 0.838. The maximum atomic E-state index is 11.8. The third-order valence-corrected chi connectivity index (χ3v) is 2.45. The summed E-state index contributed by atoms with van der Waals surface area (Å²) in [6, 6.07) is 9.27. The van der Waals surface area contributed by atoms with Crippen molar-refractivity contribution in [1.29, 1.82) is 0 Å². The van der Waals surface area contributed by atoms with Gasteiger partial charge in [0, 0.05) is 18.3 Å². The fourth-order valence-electron chi connectivity index (χ4n) is 1.46. The van der Waals surface area contributed by atoms with Crippen LogP contribution in [0, 0.1) is 0 Å². The van der Waals surface area contributed by atoms with Crippen LogP contribution in [0.25, 0.3) is 0 Å². The Morgan fingerprint density at radius 1 is 1.44 bits per heavy atom. The van der Waals surface area contributed by atoms with Gasteiger partial charge in [0.2, 0.25) is 0 Å². The van der Waals surface area contributed by atoms with Crippen LogP contribution in [-0.2, 0) is 11.3 Å². The molecule has 1 atom stereocenters. The number of carbonyl (C=O) groups is 1. The number of hydrogen-bond acceptors (Lipinski definition) is 3. The maximum absolute atomic E-state index is 11.8. The molecule has 0 aliphatic heterocycles. The summed E-state index contributed by atoms with van der Waals surface area (Å²) >= 11 is 0. The first kappa shape index (κ1) is 12.2. The molecule has 94 valence electrons. The monoisotopic (exact) mass is 245 g/mol. The van der Waals surface area contributed by atoms with Gasteiger partial charge in [-0.2, -0.15) is 5.10 Å². The van der Waals surface area contributed by atoms with Crippen molar-refractivity contribution in [3.05, 3.63) is 48.3 Å². The zero-order valence-electron chi connectivity index (χ0n) is 10.1. The Labute approximate surface area is 105 Å². The minimum Gasteiger partial charge on any atom is -0.481 e. The number of benzene rings is 1. The molecule has 0 aliphatic carbocycles. The lowest BCUT2D eigenvalue weighted by Gasteiger charge is -2.14. The second-order valence-electron chi connectivity index (χ2n) is 3.90. The van der Waals surface area contributed by atoms with Gasteiger partial charge in [0.25, 0.3) is 5.91 Å². The van der Waals surface area contributed by atoms with Crippen molar-refractivity contribution in [2.45, 2.75) is 19.6 Å². The van der Waals surface area contributed by atoms with Gasteiger partial charge < -0.3 is 10.1 Å². The molecule has 1 aromatic carbocycles. The van der Waals surface area contributed by atoms with Crippen molar-refractivity contribution in [3.8, 4) is 5.75 Å². The molecule has 0 saturated heterocycles. The number of hydrogen-bond donors (Lipinski definition) is 2. The van der Waals surface area contributed by atoms with Crippen molar-refractivity contribution < 1.29 is 9.53 Å². The van der Waals surface area contributed by atoms with Crippen molar-refractivity contribution in [2.24, 2.45) is 0 Å². The van der Waals surface area contributed by atoms with E-state index in [-0.39, 0.29) is 5.91 Å². The summed E-state index contributed by atoms with van der Waals surface area (Å²) in [7, 11) is 0. The second kappa shape index (κ2) is 5.86. The number of nitrogens with zero attached hydrogens (tertiary/aromatic N) is 1. The minimum absolute atomic E-state index is 0.153. The van der Waals surface area contributed by atoms with Gasteiger partial charge in [0.05, 0.1) is 6.20 Å². The zero-order chi connectivity index (χ0) is 12.8. The highest BCUT2D eigenvalue weighted by molar-refractivity contribution is 5.80. The standard InChI is InChI=1S/C13H15N3O2/c1-10(18-12-5-3-2-4-6-12)13(17)14-7-11-8-15-16-9-11/h2-6,8-10H,7H2,1H3,(H,14,17)(H,15,16). The lowest BCUT2D eigenvalue weighted by molar-refractivity contribution is -0.127. The molecule has 2 aromatic rings. The van der Waals surface area contributed by atoms with Crippen LogP contribution in [0.1, 0.15) is 12.5 Å². The lowest BCUT2D eigenvalue weighted by Crippen LogP contribution is -2.35. The SMILES string of the molecule is CC(Oc1ccccc1)C(=O)NCc1cn[nH]c1. The molecule has 1 amide bonds. The number of H-pyrrole nitrogens is 1. The largest absolute Gasteiger partial charge is 0.481 e. The van der Waals surface area contributed by atoms with Crippen LogP contribution in [0.15, 0.2) is 42.7 Å². The topological polar surface area (TPSA) is 67.0 Å². The van der Waals surface area contributed by atoms with Crippen LogP contribution in [0.4, 0.5) is 0 Å². The average molecular weight is 245 g/mol. The molecule has 5 nitrogen and oxygen atoms in total. The maximum Gasteiger partial charge on any atom is 0.261 e. The van der Waals surface area contributed by atoms with E-state index < -0.39 is 6.10 Å². The summed E-state index contributed by atoms with van der Waals surface area (Å²) in [5.41, 5.74) is 0.926. The first-order chi connectivity index (χ1) is 8.75. The zero-order valence-corrected chi connectivity index (χ0v) is 10.1. The Morgan fingerprint density at radius 2 is 2.22 bits per heavy atom. The predicted octanol–water partition coefficient (Wildman–Crippen LogP) is 1.49. The number of aromatic nitrogens is 2. The summed E-state index contributed by atoms with van der Waals surface area (Å²) < 4.78 is 5.51. The molecule has 0 saturated carbocycles. The van der Waals surface area contributed by atoms with Crippen molar-refractivity contribution in [3.63, 3.8) is 0 Å². The van der Waals surface area contributed by atoms with E-state index in [1.54, 1.807) is 19.3 Å². The van der Waals surface area contributed by atoms with E-state index >= 15 is 0 Å². The molecule has 1 unspecified atom stereocenters. The van der Waals surface area contributed by atoms with E-state index in [0.29, 0.717) is 12.3 Å². The van der Waals surface area contributed by atoms with Gasteiger partial charge in [-0.3, -0.25) is 9.89 Å². The molecule has 5 heteroatoms. The Bertz CT molecular complexity index is 482. The van der Waals surface area contributed by atoms with E-state index in [0.717, 1.165) is 5.56 Å². The third kappa shape index (κ3) is 3.35. The van der Waals surface area contributed by atoms with Gasteiger partial charge in [-0.15, -0.1) is 0 Å². The summed E-state index contributed by atoms with van der Waals surface area (Å²) in [6.45, 7) is 2.16. The van der Waals surface area contributed by atoms with E-state index in [4.69, 9.17) is 4.74 Å². The second-order valence-corrected chi connectivity index (χ2v) is 3.90. The van der Waals surface area contributed by atoms with E-state index in [2.05, 4.69) is 15.5 Å². The van der Waals surface area contributed by atoms with Gasteiger partial charge in [-0.1, -0.05) is 18.2 Å². The fourth-order valence-corrected chi connectivity index (χ4v) is 1.46. The fraction of sp³-hybridized carbons (Fsp3) is 0.231. The predicted molar refractivity (Wildman–Crippen MR) is 67.0 cm³/mol. The molecular weight excluding hydrogens is 230 g/mol. The minimum atomic E-state index is -0.528. The first-order valence-corrected chi connectivity index (χ1v) is 5.73. The highest BCUT2D eigenvalue weighted by atomic mass is 16.5. The van der Waals surface area contributed by atoms with Crippen molar-refractivity contribution in [1.82, 2.24) is 15.5 Å². The number of amides is 1. The number of carbonyl (C=O) groups excluding carboxylic acids is 1. The number of ether oxygens (including phenoxy) is 1. The molecule has 2 rings (SSSR count). The molecule has 0 spiro atoms.